The summed E-state index contributed by atoms with van der Waals surface area (Å²) < 4.78 is 21.9. The number of aliphatic carboxylic acids is 2. The van der Waals surface area contributed by atoms with Gasteiger partial charge in [0, 0.05) is 20.6 Å². The molecule has 30 heavy (non-hydrogen) atoms. The Morgan fingerprint density at radius 1 is 0.967 bits per heavy atom. The molecule has 0 aromatic heterocycles. The largest absolute Gasteiger partial charge is 0.481 e. The van der Waals surface area contributed by atoms with Crippen LogP contribution in [0.2, 0.25) is 0 Å². The van der Waals surface area contributed by atoms with Crippen LogP contribution in [0.15, 0.2) is 0 Å². The molecule has 6 N–H and O–H groups in total. The van der Waals surface area contributed by atoms with E-state index in [1.165, 1.54) is 14.2 Å². The average molecular weight is 453 g/mol. The lowest BCUT2D eigenvalue weighted by atomic mass is 10.0. The molecule has 0 aliphatic rings. The summed E-state index contributed by atoms with van der Waals surface area (Å²) in [6.45, 7) is 3.58. The molecule has 0 aromatic carbocycles. The van der Waals surface area contributed by atoms with Gasteiger partial charge in [0.05, 0.1) is 12.2 Å². The first-order valence-corrected chi connectivity index (χ1v) is 11.1. The molecule has 0 aliphatic heterocycles. The smallest absolute Gasteiger partial charge is 0.330 e. The van der Waals surface area contributed by atoms with E-state index < -0.39 is 49.5 Å². The van der Waals surface area contributed by atoms with Gasteiger partial charge in [-0.05, 0) is 25.2 Å². The standard InChI is InChI=1S/C17H32N3O9P/c1-10(2)9-13(17(25)26)20-16(24)12(7-8-30(27,28-3)29-4)19-15(23)11(18)5-6-14(21)22/h10-13H,5-9,18H2,1-4H3,(H,19,23)(H,20,24)(H,21,22)(H,25,26)/t11-,12-,13-/m0/s1. The Hall–Kier alpha value is -2.01. The Balaban J connectivity index is 5.36. The summed E-state index contributed by atoms with van der Waals surface area (Å²) in [4.78, 5) is 47.0. The molecule has 0 saturated carbocycles. The second-order valence-electron chi connectivity index (χ2n) is 7.12. The molecular weight excluding hydrogens is 421 g/mol. The quantitative estimate of drug-likeness (QED) is 0.213. The monoisotopic (exact) mass is 453 g/mol. The number of carbonyl (C=O) groups is 4. The van der Waals surface area contributed by atoms with Crippen molar-refractivity contribution in [3.63, 3.8) is 0 Å². The van der Waals surface area contributed by atoms with Gasteiger partial charge in [0.15, 0.2) is 0 Å². The second kappa shape index (κ2) is 13.3. The van der Waals surface area contributed by atoms with E-state index in [1.54, 1.807) is 13.8 Å². The Morgan fingerprint density at radius 2 is 1.50 bits per heavy atom. The summed E-state index contributed by atoms with van der Waals surface area (Å²) in [7, 11) is -1.16. The Bertz CT molecular complexity index is 648. The van der Waals surface area contributed by atoms with Crippen LogP contribution in [0.5, 0.6) is 0 Å². The predicted molar refractivity (Wildman–Crippen MR) is 107 cm³/mol. The van der Waals surface area contributed by atoms with Gasteiger partial charge in [-0.2, -0.15) is 0 Å². The SMILES string of the molecule is COP(=O)(CC[C@H](NC(=O)[C@@H](N)CCC(=O)O)C(=O)N[C@@H](CC(C)C)C(=O)O)OC. The molecule has 0 radical (unpaired) electrons. The third kappa shape index (κ3) is 10.7. The molecule has 0 aliphatic carbocycles. The van der Waals surface area contributed by atoms with Gasteiger partial charge in [-0.15, -0.1) is 0 Å². The first-order valence-electron chi connectivity index (χ1n) is 9.36. The number of hydrogen-bond donors (Lipinski definition) is 5. The first kappa shape index (κ1) is 28.0. The second-order valence-corrected chi connectivity index (χ2v) is 9.52. The van der Waals surface area contributed by atoms with Crippen LogP contribution in [0.3, 0.4) is 0 Å². The van der Waals surface area contributed by atoms with E-state index in [2.05, 4.69) is 10.6 Å². The molecule has 0 bridgehead atoms. The van der Waals surface area contributed by atoms with Crippen LogP contribution < -0.4 is 16.4 Å². The molecule has 2 amide bonds. The highest BCUT2D eigenvalue weighted by molar-refractivity contribution is 7.53. The number of nitrogens with one attached hydrogen (secondary N) is 2. The van der Waals surface area contributed by atoms with Crippen LogP contribution in [0.25, 0.3) is 0 Å². The average Bonchev–Trinajstić information content (AvgIpc) is 2.67. The highest BCUT2D eigenvalue weighted by atomic mass is 31.2. The zero-order valence-corrected chi connectivity index (χ0v) is 18.5. The van der Waals surface area contributed by atoms with Gasteiger partial charge in [0.25, 0.3) is 0 Å². The minimum atomic E-state index is -3.50. The summed E-state index contributed by atoms with van der Waals surface area (Å²) in [5, 5.41) is 22.7. The van der Waals surface area contributed by atoms with Gasteiger partial charge < -0.3 is 35.6 Å². The highest BCUT2D eigenvalue weighted by Crippen LogP contribution is 2.46. The fourth-order valence-electron chi connectivity index (χ4n) is 2.47. The summed E-state index contributed by atoms with van der Waals surface area (Å²) >= 11 is 0. The van der Waals surface area contributed by atoms with E-state index in [0.717, 1.165) is 0 Å². The van der Waals surface area contributed by atoms with Crippen molar-refractivity contribution in [2.24, 2.45) is 11.7 Å². The molecule has 0 spiro atoms. The van der Waals surface area contributed by atoms with Crippen LogP contribution in [0.4, 0.5) is 0 Å². The lowest BCUT2D eigenvalue weighted by Crippen LogP contribution is -2.54. The molecule has 0 unspecified atom stereocenters. The highest BCUT2D eigenvalue weighted by Gasteiger charge is 2.31. The summed E-state index contributed by atoms with van der Waals surface area (Å²) in [5.41, 5.74) is 5.66. The molecule has 0 rings (SSSR count). The van der Waals surface area contributed by atoms with Gasteiger partial charge in [0.2, 0.25) is 11.8 Å². The minimum absolute atomic E-state index is 0.0221. The maximum Gasteiger partial charge on any atom is 0.330 e. The molecule has 0 aromatic rings. The predicted octanol–water partition coefficient (Wildman–Crippen LogP) is 0.155. The number of rotatable bonds is 15. The molecule has 0 heterocycles. The van der Waals surface area contributed by atoms with E-state index in [1.807, 2.05) is 0 Å². The number of hydrogen-bond acceptors (Lipinski definition) is 8. The van der Waals surface area contributed by atoms with Crippen molar-refractivity contribution in [2.45, 2.75) is 57.7 Å². The molecule has 12 nitrogen and oxygen atoms in total. The number of carbonyl (C=O) groups excluding carboxylic acids is 2. The van der Waals surface area contributed by atoms with E-state index in [9.17, 15) is 28.8 Å². The van der Waals surface area contributed by atoms with Crippen molar-refractivity contribution >= 4 is 31.3 Å². The summed E-state index contributed by atoms with van der Waals surface area (Å²) in [5.74, 6) is -3.99. The van der Waals surface area contributed by atoms with Crippen LogP contribution in [0.1, 0.15) is 39.5 Å². The molecule has 0 saturated heterocycles. The van der Waals surface area contributed by atoms with Crippen molar-refractivity contribution in [1.82, 2.24) is 10.6 Å². The van der Waals surface area contributed by atoms with E-state index in [4.69, 9.17) is 19.9 Å². The van der Waals surface area contributed by atoms with Gasteiger partial charge >= 0.3 is 19.5 Å². The summed E-state index contributed by atoms with van der Waals surface area (Å²) in [6.07, 6.45) is -0.756. The number of carboxylic acid groups (broad SMARTS) is 2. The number of carboxylic acids is 2. The van der Waals surface area contributed by atoms with Gasteiger partial charge in [-0.25, -0.2) is 4.79 Å². The molecular formula is C17H32N3O9P. The number of amides is 2. The molecule has 13 heteroatoms. The van der Waals surface area contributed by atoms with Crippen LogP contribution in [-0.2, 0) is 32.8 Å². The third-order valence-electron chi connectivity index (χ3n) is 4.21. The lowest BCUT2D eigenvalue weighted by Gasteiger charge is -2.24. The topological polar surface area (TPSA) is 194 Å². The van der Waals surface area contributed by atoms with E-state index >= 15 is 0 Å². The first-order chi connectivity index (χ1) is 13.8. The fraction of sp³-hybridized carbons (Fsp3) is 0.765. The van der Waals surface area contributed by atoms with Crippen molar-refractivity contribution in [3.8, 4) is 0 Å². The zero-order valence-electron chi connectivity index (χ0n) is 17.6. The maximum absolute atomic E-state index is 12.7. The normalized spacial score (nSPS) is 14.6. The van der Waals surface area contributed by atoms with Crippen LogP contribution >= 0.6 is 7.60 Å². The van der Waals surface area contributed by atoms with Gasteiger partial charge in [-0.3, -0.25) is 18.9 Å². The third-order valence-corrected chi connectivity index (χ3v) is 6.13. The van der Waals surface area contributed by atoms with Crippen LogP contribution in [-0.4, -0.2) is 72.5 Å². The van der Waals surface area contributed by atoms with Gasteiger partial charge in [-0.1, -0.05) is 13.8 Å². The Morgan fingerprint density at radius 3 is 1.93 bits per heavy atom. The minimum Gasteiger partial charge on any atom is -0.481 e. The maximum atomic E-state index is 12.7. The van der Waals surface area contributed by atoms with Crippen molar-refractivity contribution in [3.05, 3.63) is 0 Å². The van der Waals surface area contributed by atoms with Crippen molar-refractivity contribution < 1.29 is 43.0 Å². The van der Waals surface area contributed by atoms with E-state index in [0.29, 0.717) is 0 Å². The zero-order chi connectivity index (χ0) is 23.5. The van der Waals surface area contributed by atoms with E-state index in [-0.39, 0.29) is 37.8 Å². The Kier molecular flexibility index (Phi) is 12.4. The Labute approximate surface area is 175 Å². The molecule has 0 fully saturated rings. The van der Waals surface area contributed by atoms with Crippen LogP contribution in [0, 0.1) is 5.92 Å². The van der Waals surface area contributed by atoms with Crippen molar-refractivity contribution in [1.29, 1.82) is 0 Å². The van der Waals surface area contributed by atoms with Crippen molar-refractivity contribution in [2.75, 3.05) is 20.4 Å². The summed E-state index contributed by atoms with van der Waals surface area (Å²) in [6, 6.07) is -3.66. The lowest BCUT2D eigenvalue weighted by molar-refractivity contribution is -0.142. The fourth-order valence-corrected chi connectivity index (χ4v) is 3.56. The molecule has 174 valence electrons. The molecule has 3 atom stereocenters. The van der Waals surface area contributed by atoms with Gasteiger partial charge in [0.1, 0.15) is 12.1 Å². The number of nitrogens with two attached hydrogens (primary N) is 1.